The molecular weight excluding hydrogens is 278 g/mol. The Bertz CT molecular complexity index is 570. The molecule has 7 heteroatoms. The minimum Gasteiger partial charge on any atom is -0.326 e. The van der Waals surface area contributed by atoms with Gasteiger partial charge >= 0.3 is 0 Å². The molecule has 0 aliphatic rings. The summed E-state index contributed by atoms with van der Waals surface area (Å²) in [4.78, 5) is 11.8. The number of amides is 1. The number of aryl methyl sites for hydroxylation is 1. The van der Waals surface area contributed by atoms with Gasteiger partial charge in [0.2, 0.25) is 5.91 Å². The van der Waals surface area contributed by atoms with Crippen LogP contribution in [0.5, 0.6) is 0 Å². The summed E-state index contributed by atoms with van der Waals surface area (Å²) in [6.07, 6.45) is 3.62. The molecule has 0 unspecified atom stereocenters. The first-order chi connectivity index (χ1) is 9.70. The van der Waals surface area contributed by atoms with E-state index in [1.54, 1.807) is 4.68 Å². The Hall–Kier alpha value is -1.95. The van der Waals surface area contributed by atoms with E-state index in [2.05, 4.69) is 20.8 Å². The van der Waals surface area contributed by atoms with Crippen LogP contribution in [0.15, 0.2) is 24.5 Å². The maximum Gasteiger partial charge on any atom is 0.224 e. The second kappa shape index (κ2) is 7.00. The van der Waals surface area contributed by atoms with Gasteiger partial charge in [-0.2, -0.15) is 0 Å². The number of alkyl halides is 1. The fraction of sp³-hybridized carbons (Fsp3) is 0.385. The molecule has 1 N–H and O–H groups in total. The van der Waals surface area contributed by atoms with Crippen molar-refractivity contribution in [2.45, 2.75) is 26.2 Å². The Kier molecular flexibility index (Phi) is 5.06. The molecule has 6 nitrogen and oxygen atoms in total. The maximum atomic E-state index is 11.8. The molecule has 0 atom stereocenters. The third kappa shape index (κ3) is 3.77. The fourth-order valence-electron chi connectivity index (χ4n) is 1.76. The second-order valence-corrected chi connectivity index (χ2v) is 4.83. The van der Waals surface area contributed by atoms with Crippen molar-refractivity contribution in [3.63, 3.8) is 0 Å². The van der Waals surface area contributed by atoms with Crippen LogP contribution in [0.25, 0.3) is 5.69 Å². The lowest BCUT2D eigenvalue weighted by Gasteiger charge is -2.10. The lowest BCUT2D eigenvalue weighted by atomic mass is 10.1. The van der Waals surface area contributed by atoms with Crippen LogP contribution in [0.4, 0.5) is 5.69 Å². The Labute approximate surface area is 122 Å². The molecule has 1 aromatic heterocycles. The van der Waals surface area contributed by atoms with Crippen LogP contribution in [-0.4, -0.2) is 32.0 Å². The van der Waals surface area contributed by atoms with Gasteiger partial charge in [-0.3, -0.25) is 4.79 Å². The predicted molar refractivity (Wildman–Crippen MR) is 77.1 cm³/mol. The Balaban J connectivity index is 2.07. The molecule has 20 heavy (non-hydrogen) atoms. The monoisotopic (exact) mass is 293 g/mol. The van der Waals surface area contributed by atoms with Gasteiger partial charge in [-0.1, -0.05) is 6.07 Å². The number of unbranched alkanes of at least 4 members (excludes halogenated alkanes) is 1. The Morgan fingerprint density at radius 3 is 2.95 bits per heavy atom. The quantitative estimate of drug-likeness (QED) is 0.655. The number of tetrazole rings is 1. The third-order valence-corrected chi connectivity index (χ3v) is 3.16. The van der Waals surface area contributed by atoms with Gasteiger partial charge in [0.1, 0.15) is 6.33 Å². The van der Waals surface area contributed by atoms with Crippen molar-refractivity contribution in [1.82, 2.24) is 20.2 Å². The number of aromatic nitrogens is 4. The minimum atomic E-state index is -0.00733. The number of nitrogens with zero attached hydrogens (tertiary/aromatic N) is 4. The minimum absolute atomic E-state index is 0.00733. The molecule has 0 saturated heterocycles. The fourth-order valence-corrected chi connectivity index (χ4v) is 1.95. The number of hydrogen-bond donors (Lipinski definition) is 1. The molecule has 0 bridgehead atoms. The molecule has 0 radical (unpaired) electrons. The van der Waals surface area contributed by atoms with Crippen LogP contribution in [0.1, 0.15) is 24.8 Å². The first-order valence-corrected chi connectivity index (χ1v) is 6.94. The molecule has 0 fully saturated rings. The highest BCUT2D eigenvalue weighted by molar-refractivity contribution is 6.17. The number of nitrogens with one attached hydrogen (secondary N) is 1. The van der Waals surface area contributed by atoms with Crippen molar-refractivity contribution in [1.29, 1.82) is 0 Å². The summed E-state index contributed by atoms with van der Waals surface area (Å²) in [6, 6.07) is 5.67. The smallest absolute Gasteiger partial charge is 0.224 e. The first-order valence-electron chi connectivity index (χ1n) is 6.40. The van der Waals surface area contributed by atoms with Gasteiger partial charge in [0.05, 0.1) is 5.69 Å². The molecule has 0 spiro atoms. The van der Waals surface area contributed by atoms with Gasteiger partial charge in [-0.25, -0.2) is 4.68 Å². The van der Waals surface area contributed by atoms with Crippen LogP contribution in [0, 0.1) is 6.92 Å². The summed E-state index contributed by atoms with van der Waals surface area (Å²) >= 11 is 5.59. The molecular formula is C13H16ClN5O. The van der Waals surface area contributed by atoms with E-state index in [1.807, 2.05) is 25.1 Å². The zero-order valence-electron chi connectivity index (χ0n) is 11.2. The van der Waals surface area contributed by atoms with Crippen molar-refractivity contribution in [3.05, 3.63) is 30.1 Å². The molecule has 0 aliphatic heterocycles. The summed E-state index contributed by atoms with van der Waals surface area (Å²) in [7, 11) is 0. The normalized spacial score (nSPS) is 10.5. The molecule has 1 heterocycles. The van der Waals surface area contributed by atoms with Crippen LogP contribution in [0.3, 0.4) is 0 Å². The molecule has 0 aliphatic carbocycles. The average molecular weight is 294 g/mol. The summed E-state index contributed by atoms with van der Waals surface area (Å²) in [5, 5.41) is 13.9. The van der Waals surface area contributed by atoms with Crippen molar-refractivity contribution >= 4 is 23.2 Å². The molecule has 1 aromatic carbocycles. The molecule has 106 valence electrons. The van der Waals surface area contributed by atoms with Crippen molar-refractivity contribution in [2.75, 3.05) is 11.2 Å². The first kappa shape index (κ1) is 14.5. The highest BCUT2D eigenvalue weighted by Crippen LogP contribution is 2.19. The Morgan fingerprint density at radius 2 is 2.25 bits per heavy atom. The number of hydrogen-bond acceptors (Lipinski definition) is 4. The zero-order chi connectivity index (χ0) is 14.4. The second-order valence-electron chi connectivity index (χ2n) is 4.45. The number of anilines is 1. The van der Waals surface area contributed by atoms with E-state index in [-0.39, 0.29) is 5.91 Å². The largest absolute Gasteiger partial charge is 0.326 e. The van der Waals surface area contributed by atoms with Crippen molar-refractivity contribution < 1.29 is 4.79 Å². The SMILES string of the molecule is Cc1ccc(-n2cnnn2)cc1NC(=O)CCCCCl. The highest BCUT2D eigenvalue weighted by Gasteiger charge is 2.07. The number of halogens is 1. The van der Waals surface area contributed by atoms with E-state index in [0.29, 0.717) is 12.3 Å². The van der Waals surface area contributed by atoms with E-state index in [4.69, 9.17) is 11.6 Å². The van der Waals surface area contributed by atoms with E-state index in [1.165, 1.54) is 6.33 Å². The molecule has 0 saturated carbocycles. The topological polar surface area (TPSA) is 72.7 Å². The maximum absolute atomic E-state index is 11.8. The van der Waals surface area contributed by atoms with Gasteiger partial charge in [0.15, 0.2) is 0 Å². The lowest BCUT2D eigenvalue weighted by molar-refractivity contribution is -0.116. The molecule has 2 rings (SSSR count). The summed E-state index contributed by atoms with van der Waals surface area (Å²) in [6.45, 7) is 1.94. The third-order valence-electron chi connectivity index (χ3n) is 2.90. The van der Waals surface area contributed by atoms with E-state index in [9.17, 15) is 4.79 Å². The van der Waals surface area contributed by atoms with Crippen molar-refractivity contribution in [2.24, 2.45) is 0 Å². The number of rotatable bonds is 6. The standard InChI is InChI=1S/C13H16ClN5O/c1-10-5-6-11(19-9-15-17-18-19)8-12(10)16-13(20)4-2-3-7-14/h5-6,8-9H,2-4,7H2,1H3,(H,16,20). The molecule has 2 aromatic rings. The highest BCUT2D eigenvalue weighted by atomic mass is 35.5. The Morgan fingerprint density at radius 1 is 1.40 bits per heavy atom. The van der Waals surface area contributed by atoms with Gasteiger partial charge in [0.25, 0.3) is 0 Å². The lowest BCUT2D eigenvalue weighted by Crippen LogP contribution is -2.12. The summed E-state index contributed by atoms with van der Waals surface area (Å²) in [5.41, 5.74) is 2.57. The van der Waals surface area contributed by atoms with Crippen LogP contribution >= 0.6 is 11.6 Å². The number of carbonyl (C=O) groups is 1. The van der Waals surface area contributed by atoms with Crippen molar-refractivity contribution in [3.8, 4) is 5.69 Å². The van der Waals surface area contributed by atoms with E-state index >= 15 is 0 Å². The summed E-state index contributed by atoms with van der Waals surface area (Å²) < 4.78 is 1.54. The predicted octanol–water partition coefficient (Wildman–Crippen LogP) is 2.32. The van der Waals surface area contributed by atoms with Gasteiger partial charge in [-0.05, 0) is 47.9 Å². The average Bonchev–Trinajstić information content (AvgIpc) is 2.95. The van der Waals surface area contributed by atoms with Crippen LogP contribution in [0.2, 0.25) is 0 Å². The van der Waals surface area contributed by atoms with Gasteiger partial charge in [-0.15, -0.1) is 16.7 Å². The van der Waals surface area contributed by atoms with Gasteiger partial charge < -0.3 is 5.32 Å². The number of carbonyl (C=O) groups excluding carboxylic acids is 1. The van der Waals surface area contributed by atoms with Gasteiger partial charge in [0, 0.05) is 18.0 Å². The summed E-state index contributed by atoms with van der Waals surface area (Å²) in [5.74, 6) is 0.577. The zero-order valence-corrected chi connectivity index (χ0v) is 12.0. The van der Waals surface area contributed by atoms with E-state index < -0.39 is 0 Å². The molecule has 1 amide bonds. The van der Waals surface area contributed by atoms with Crippen LogP contribution < -0.4 is 5.32 Å². The number of benzene rings is 1. The van der Waals surface area contributed by atoms with Crippen LogP contribution in [-0.2, 0) is 4.79 Å². The van der Waals surface area contributed by atoms with E-state index in [0.717, 1.165) is 29.8 Å².